The fourth-order valence-corrected chi connectivity index (χ4v) is 5.83. The topological polar surface area (TPSA) is 68.3 Å². The molecule has 3 heterocycles. The van der Waals surface area contributed by atoms with Gasteiger partial charge in [-0.3, -0.25) is 14.5 Å². The number of hydrogen-bond donors (Lipinski definition) is 0. The Morgan fingerprint density at radius 1 is 1.15 bits per heavy atom. The second kappa shape index (κ2) is 9.74. The second-order valence-electron chi connectivity index (χ2n) is 9.30. The molecule has 1 aromatic carbocycles. The highest BCUT2D eigenvalue weighted by Gasteiger charge is 2.52. The van der Waals surface area contributed by atoms with Crippen molar-refractivity contribution in [2.75, 3.05) is 46.5 Å². The molecule has 1 aromatic rings. The average Bonchev–Trinajstić information content (AvgIpc) is 3.11. The molecule has 1 aliphatic carbocycles. The summed E-state index contributed by atoms with van der Waals surface area (Å²) in [6.07, 6.45) is 2.76. The number of halogens is 1. The Hall–Kier alpha value is -1.93. The maximum absolute atomic E-state index is 13.7. The molecule has 0 radical (unpaired) electrons. The number of Topliss-reactive ketones (excluding diaryl/α,β-unsaturated/α-hetero) is 1. The smallest absolute Gasteiger partial charge is 0.290 e. The lowest BCUT2D eigenvalue weighted by Gasteiger charge is -2.38. The van der Waals surface area contributed by atoms with E-state index < -0.39 is 6.04 Å². The number of carbonyl (C=O) groups is 2. The van der Waals surface area contributed by atoms with E-state index in [9.17, 15) is 9.59 Å². The van der Waals surface area contributed by atoms with E-state index in [4.69, 9.17) is 25.8 Å². The molecule has 0 bridgehead atoms. The molecule has 0 spiro atoms. The van der Waals surface area contributed by atoms with Gasteiger partial charge in [-0.1, -0.05) is 23.7 Å². The van der Waals surface area contributed by atoms with Gasteiger partial charge < -0.3 is 19.1 Å². The lowest BCUT2D eigenvalue weighted by atomic mass is 9.76. The highest BCUT2D eigenvalue weighted by atomic mass is 35.5. The van der Waals surface area contributed by atoms with Crippen LogP contribution in [0.15, 0.2) is 35.6 Å². The number of methoxy groups -OCH3 is 1. The van der Waals surface area contributed by atoms with E-state index in [0.717, 1.165) is 51.3 Å². The summed E-state index contributed by atoms with van der Waals surface area (Å²) in [6.45, 7) is 4.75. The predicted octanol–water partition coefficient (Wildman–Crippen LogP) is 2.98. The summed E-state index contributed by atoms with van der Waals surface area (Å²) in [5.74, 6) is -0.139. The van der Waals surface area contributed by atoms with Crippen LogP contribution in [-0.2, 0) is 23.8 Å². The lowest BCUT2D eigenvalue weighted by Crippen LogP contribution is -2.43. The van der Waals surface area contributed by atoms with Crippen molar-refractivity contribution in [3.63, 3.8) is 0 Å². The van der Waals surface area contributed by atoms with Crippen LogP contribution in [0.2, 0.25) is 5.02 Å². The Kier molecular flexibility index (Phi) is 6.74. The molecule has 7 nitrogen and oxygen atoms in total. The number of carbonyl (C=O) groups excluding carboxylic acids is 2. The van der Waals surface area contributed by atoms with Gasteiger partial charge in [0.1, 0.15) is 6.10 Å². The third-order valence-electron chi connectivity index (χ3n) is 7.37. The van der Waals surface area contributed by atoms with E-state index in [2.05, 4.69) is 4.90 Å². The van der Waals surface area contributed by atoms with Gasteiger partial charge in [0, 0.05) is 44.7 Å². The van der Waals surface area contributed by atoms with E-state index >= 15 is 0 Å². The van der Waals surface area contributed by atoms with E-state index in [-0.39, 0.29) is 35.6 Å². The largest absolute Gasteiger partial charge is 0.483 e. The number of hydrogen-bond acceptors (Lipinski definition) is 6. The Bertz CT molecular complexity index is 944. The molecule has 5 rings (SSSR count). The Morgan fingerprint density at radius 3 is 2.73 bits per heavy atom. The van der Waals surface area contributed by atoms with Gasteiger partial charge in [-0.15, -0.1) is 0 Å². The van der Waals surface area contributed by atoms with Gasteiger partial charge in [0.25, 0.3) is 5.91 Å². The molecule has 1 saturated carbocycles. The number of amides is 1. The van der Waals surface area contributed by atoms with Crippen molar-refractivity contribution in [2.24, 2.45) is 5.92 Å². The predicted molar refractivity (Wildman–Crippen MR) is 123 cm³/mol. The summed E-state index contributed by atoms with van der Waals surface area (Å²) in [7, 11) is 1.69. The molecule has 3 aliphatic heterocycles. The van der Waals surface area contributed by atoms with Crippen LogP contribution in [0.3, 0.4) is 0 Å². The Balaban J connectivity index is 1.41. The lowest BCUT2D eigenvalue weighted by molar-refractivity contribution is -0.138. The molecular formula is C25H31ClN2O5. The standard InChI is InChI=1S/C25H31ClN2O5/c1-31-18-6-7-19-20(15-18)33-24-21(23(19)29)22(16-4-2-5-17(26)14-16)28(25(24)30)9-3-8-27-10-12-32-13-11-27/h2,4-5,14,18-20,22H,3,6-13,15H2,1H3. The maximum atomic E-state index is 13.7. The first-order chi connectivity index (χ1) is 16.1. The average molecular weight is 475 g/mol. The Labute approximate surface area is 199 Å². The van der Waals surface area contributed by atoms with Crippen molar-refractivity contribution in [1.82, 2.24) is 9.80 Å². The number of rotatable bonds is 6. The molecule has 4 aliphatic rings. The van der Waals surface area contributed by atoms with Crippen molar-refractivity contribution in [3.05, 3.63) is 46.2 Å². The monoisotopic (exact) mass is 474 g/mol. The SMILES string of the molecule is COC1CCC2C(=O)C3=C(OC2C1)C(=O)N(CCCN1CCOCC1)C3c1cccc(Cl)c1. The van der Waals surface area contributed by atoms with Gasteiger partial charge in [0.15, 0.2) is 11.5 Å². The fourth-order valence-electron chi connectivity index (χ4n) is 5.63. The zero-order valence-corrected chi connectivity index (χ0v) is 19.8. The van der Waals surface area contributed by atoms with Crippen LogP contribution in [0.1, 0.15) is 37.3 Å². The molecule has 8 heteroatoms. The number of fused-ring (bicyclic) bond motifs is 1. The van der Waals surface area contributed by atoms with Crippen LogP contribution < -0.4 is 0 Å². The molecule has 1 saturated heterocycles. The minimum Gasteiger partial charge on any atom is -0.483 e. The summed E-state index contributed by atoms with van der Waals surface area (Å²) < 4.78 is 17.2. The van der Waals surface area contributed by atoms with E-state index in [1.54, 1.807) is 18.1 Å². The quantitative estimate of drug-likeness (QED) is 0.631. The first-order valence-electron chi connectivity index (χ1n) is 11.9. The Morgan fingerprint density at radius 2 is 1.97 bits per heavy atom. The van der Waals surface area contributed by atoms with Crippen LogP contribution in [0, 0.1) is 5.92 Å². The number of morpholine rings is 1. The van der Waals surface area contributed by atoms with E-state index in [0.29, 0.717) is 30.0 Å². The molecule has 1 amide bonds. The van der Waals surface area contributed by atoms with Crippen LogP contribution in [0.5, 0.6) is 0 Å². The van der Waals surface area contributed by atoms with Crippen molar-refractivity contribution >= 4 is 23.3 Å². The number of nitrogens with zero attached hydrogens (tertiary/aromatic N) is 2. The molecule has 4 unspecified atom stereocenters. The van der Waals surface area contributed by atoms with Crippen LogP contribution in [-0.4, -0.2) is 80.2 Å². The van der Waals surface area contributed by atoms with Crippen molar-refractivity contribution in [1.29, 1.82) is 0 Å². The van der Waals surface area contributed by atoms with Crippen molar-refractivity contribution in [3.8, 4) is 0 Å². The molecule has 2 fully saturated rings. The first-order valence-corrected chi connectivity index (χ1v) is 12.3. The minimum absolute atomic E-state index is 0.0461. The molecule has 0 N–H and O–H groups in total. The van der Waals surface area contributed by atoms with E-state index in [1.807, 2.05) is 18.2 Å². The van der Waals surface area contributed by atoms with Gasteiger partial charge >= 0.3 is 0 Å². The minimum atomic E-state index is -0.454. The summed E-state index contributed by atoms with van der Waals surface area (Å²) in [5, 5.41) is 0.588. The zero-order chi connectivity index (χ0) is 22.9. The summed E-state index contributed by atoms with van der Waals surface area (Å²) in [6, 6.07) is 7.01. The third kappa shape index (κ3) is 4.44. The van der Waals surface area contributed by atoms with Gasteiger partial charge in [-0.05, 0) is 37.0 Å². The van der Waals surface area contributed by atoms with Gasteiger partial charge in [-0.25, -0.2) is 0 Å². The molecule has 33 heavy (non-hydrogen) atoms. The van der Waals surface area contributed by atoms with Crippen LogP contribution in [0.25, 0.3) is 0 Å². The van der Waals surface area contributed by atoms with Crippen LogP contribution >= 0.6 is 11.6 Å². The fraction of sp³-hybridized carbons (Fsp3) is 0.600. The van der Waals surface area contributed by atoms with Crippen molar-refractivity contribution in [2.45, 2.75) is 43.9 Å². The normalized spacial score (nSPS) is 30.3. The van der Waals surface area contributed by atoms with Gasteiger partial charge in [0.2, 0.25) is 0 Å². The molecule has 4 atom stereocenters. The maximum Gasteiger partial charge on any atom is 0.290 e. The number of ketones is 1. The highest BCUT2D eigenvalue weighted by molar-refractivity contribution is 6.30. The highest BCUT2D eigenvalue weighted by Crippen LogP contribution is 2.47. The summed E-state index contributed by atoms with van der Waals surface area (Å²) >= 11 is 6.30. The zero-order valence-electron chi connectivity index (χ0n) is 19.0. The second-order valence-corrected chi connectivity index (χ2v) is 9.74. The molecular weight excluding hydrogens is 444 g/mol. The van der Waals surface area contributed by atoms with Gasteiger partial charge in [0.05, 0.1) is 36.9 Å². The third-order valence-corrected chi connectivity index (χ3v) is 7.61. The van der Waals surface area contributed by atoms with Crippen LogP contribution in [0.4, 0.5) is 0 Å². The number of benzene rings is 1. The van der Waals surface area contributed by atoms with Crippen molar-refractivity contribution < 1.29 is 23.8 Å². The summed E-state index contributed by atoms with van der Waals surface area (Å²) in [4.78, 5) is 31.4. The van der Waals surface area contributed by atoms with E-state index in [1.165, 1.54) is 0 Å². The summed E-state index contributed by atoms with van der Waals surface area (Å²) in [5.41, 5.74) is 1.36. The molecule has 0 aromatic heterocycles. The number of ether oxygens (including phenoxy) is 3. The first kappa shape index (κ1) is 22.8. The van der Waals surface area contributed by atoms with Gasteiger partial charge in [-0.2, -0.15) is 0 Å². The molecule has 178 valence electrons.